The van der Waals surface area contributed by atoms with Crippen molar-refractivity contribution < 1.29 is 9.59 Å². The standard InChI is InChI=1S/C15H17BrN4O2/c1-9(2)14(21)18-19-15(22)13-8-17-20(10(13)3)12-6-4-11(16)5-7-12/h4-9H,1-3H3,(H,18,21)(H,19,22). The minimum absolute atomic E-state index is 0.202. The van der Waals surface area contributed by atoms with Crippen LogP contribution in [0.5, 0.6) is 0 Å². The van der Waals surface area contributed by atoms with Crippen molar-refractivity contribution in [1.82, 2.24) is 20.6 Å². The lowest BCUT2D eigenvalue weighted by molar-refractivity contribution is -0.124. The van der Waals surface area contributed by atoms with Crippen molar-refractivity contribution in [3.05, 3.63) is 46.2 Å². The van der Waals surface area contributed by atoms with Gasteiger partial charge in [0.05, 0.1) is 23.1 Å². The molecule has 6 nitrogen and oxygen atoms in total. The summed E-state index contributed by atoms with van der Waals surface area (Å²) in [5.41, 5.74) is 6.73. The number of aromatic nitrogens is 2. The molecule has 116 valence electrons. The molecular formula is C15H17BrN4O2. The maximum atomic E-state index is 12.1. The minimum atomic E-state index is -0.394. The predicted molar refractivity (Wildman–Crippen MR) is 86.4 cm³/mol. The molecule has 2 aromatic rings. The summed E-state index contributed by atoms with van der Waals surface area (Å²) < 4.78 is 2.64. The predicted octanol–water partition coefficient (Wildman–Crippen LogP) is 2.36. The lowest BCUT2D eigenvalue weighted by Crippen LogP contribution is -2.43. The molecular weight excluding hydrogens is 348 g/mol. The number of amides is 2. The zero-order valence-electron chi connectivity index (χ0n) is 12.6. The summed E-state index contributed by atoms with van der Waals surface area (Å²) in [4.78, 5) is 23.6. The Bertz CT molecular complexity index is 692. The van der Waals surface area contributed by atoms with E-state index in [1.807, 2.05) is 24.3 Å². The Hall–Kier alpha value is -2.15. The van der Waals surface area contributed by atoms with Crippen molar-refractivity contribution >= 4 is 27.7 Å². The number of carbonyl (C=O) groups is 2. The molecule has 0 unspecified atom stereocenters. The monoisotopic (exact) mass is 364 g/mol. The van der Waals surface area contributed by atoms with E-state index in [9.17, 15) is 9.59 Å². The van der Waals surface area contributed by atoms with Gasteiger partial charge < -0.3 is 0 Å². The van der Waals surface area contributed by atoms with E-state index < -0.39 is 5.91 Å². The number of carbonyl (C=O) groups excluding carboxylic acids is 2. The van der Waals surface area contributed by atoms with Crippen LogP contribution in [0.4, 0.5) is 0 Å². The van der Waals surface area contributed by atoms with Gasteiger partial charge >= 0.3 is 0 Å². The maximum Gasteiger partial charge on any atom is 0.273 e. The smallest absolute Gasteiger partial charge is 0.273 e. The van der Waals surface area contributed by atoms with E-state index in [1.165, 1.54) is 6.20 Å². The third-order valence-electron chi connectivity index (χ3n) is 3.15. The minimum Gasteiger partial charge on any atom is -0.273 e. The summed E-state index contributed by atoms with van der Waals surface area (Å²) in [6.45, 7) is 5.30. The fourth-order valence-corrected chi connectivity index (χ4v) is 2.07. The average molecular weight is 365 g/mol. The molecule has 0 aliphatic rings. The van der Waals surface area contributed by atoms with E-state index in [0.717, 1.165) is 10.2 Å². The highest BCUT2D eigenvalue weighted by atomic mass is 79.9. The summed E-state index contributed by atoms with van der Waals surface area (Å²) in [5, 5.41) is 4.23. The van der Waals surface area contributed by atoms with Gasteiger partial charge in [-0.05, 0) is 31.2 Å². The number of halogens is 1. The zero-order valence-corrected chi connectivity index (χ0v) is 14.1. The molecule has 2 rings (SSSR count). The van der Waals surface area contributed by atoms with Crippen LogP contribution in [-0.4, -0.2) is 21.6 Å². The Balaban J connectivity index is 2.15. The van der Waals surface area contributed by atoms with Gasteiger partial charge in [-0.15, -0.1) is 0 Å². The summed E-state index contributed by atoms with van der Waals surface area (Å²) >= 11 is 3.38. The number of hydrazine groups is 1. The molecule has 0 radical (unpaired) electrons. The molecule has 7 heteroatoms. The van der Waals surface area contributed by atoms with Crippen LogP contribution < -0.4 is 10.9 Å². The third kappa shape index (κ3) is 3.54. The Labute approximate surface area is 137 Å². The van der Waals surface area contributed by atoms with Gasteiger partial charge in [0.15, 0.2) is 0 Å². The molecule has 2 amide bonds. The Morgan fingerprint density at radius 1 is 1.18 bits per heavy atom. The van der Waals surface area contributed by atoms with E-state index in [2.05, 4.69) is 31.9 Å². The first-order valence-corrected chi connectivity index (χ1v) is 7.60. The molecule has 22 heavy (non-hydrogen) atoms. The number of benzene rings is 1. The van der Waals surface area contributed by atoms with Crippen molar-refractivity contribution in [1.29, 1.82) is 0 Å². The largest absolute Gasteiger partial charge is 0.273 e. The van der Waals surface area contributed by atoms with Gasteiger partial charge in [0.2, 0.25) is 5.91 Å². The molecule has 0 fully saturated rings. The molecule has 1 aromatic heterocycles. The average Bonchev–Trinajstić information content (AvgIpc) is 2.87. The van der Waals surface area contributed by atoms with Gasteiger partial charge in [-0.3, -0.25) is 20.4 Å². The molecule has 0 aliphatic carbocycles. The van der Waals surface area contributed by atoms with Crippen molar-refractivity contribution in [3.63, 3.8) is 0 Å². The van der Waals surface area contributed by atoms with E-state index in [4.69, 9.17) is 0 Å². The van der Waals surface area contributed by atoms with Gasteiger partial charge in [-0.25, -0.2) is 4.68 Å². The molecule has 1 heterocycles. The number of nitrogens with zero attached hydrogens (tertiary/aromatic N) is 2. The number of hydrogen-bond acceptors (Lipinski definition) is 3. The molecule has 0 atom stereocenters. The van der Waals surface area contributed by atoms with Gasteiger partial charge in [0.1, 0.15) is 0 Å². The van der Waals surface area contributed by atoms with Crippen LogP contribution in [0, 0.1) is 12.8 Å². The van der Waals surface area contributed by atoms with Crippen LogP contribution in [-0.2, 0) is 4.79 Å². The lowest BCUT2D eigenvalue weighted by atomic mass is 10.2. The van der Waals surface area contributed by atoms with Crippen LogP contribution in [0.3, 0.4) is 0 Å². The van der Waals surface area contributed by atoms with E-state index >= 15 is 0 Å². The van der Waals surface area contributed by atoms with Crippen LogP contribution in [0.2, 0.25) is 0 Å². The summed E-state index contributed by atoms with van der Waals surface area (Å²) in [6, 6.07) is 7.59. The quantitative estimate of drug-likeness (QED) is 0.820. The lowest BCUT2D eigenvalue weighted by Gasteiger charge is -2.09. The first-order valence-electron chi connectivity index (χ1n) is 6.81. The first-order chi connectivity index (χ1) is 10.4. The second-order valence-corrected chi connectivity index (χ2v) is 6.05. The maximum absolute atomic E-state index is 12.1. The summed E-state index contributed by atoms with van der Waals surface area (Å²) in [7, 11) is 0. The van der Waals surface area contributed by atoms with Crippen LogP contribution in [0.25, 0.3) is 5.69 Å². The molecule has 0 saturated carbocycles. The van der Waals surface area contributed by atoms with Crippen molar-refractivity contribution in [3.8, 4) is 5.69 Å². The summed E-state index contributed by atoms with van der Waals surface area (Å²) in [5.74, 6) is -0.840. The van der Waals surface area contributed by atoms with E-state index in [1.54, 1.807) is 25.5 Å². The zero-order chi connectivity index (χ0) is 16.3. The fourth-order valence-electron chi connectivity index (χ4n) is 1.81. The Morgan fingerprint density at radius 3 is 2.41 bits per heavy atom. The Kier molecular flexibility index (Phi) is 4.97. The van der Waals surface area contributed by atoms with Gasteiger partial charge in [-0.2, -0.15) is 5.10 Å². The van der Waals surface area contributed by atoms with Crippen LogP contribution in [0.1, 0.15) is 29.9 Å². The molecule has 2 N–H and O–H groups in total. The molecule has 0 bridgehead atoms. The highest BCUT2D eigenvalue weighted by Gasteiger charge is 2.16. The topological polar surface area (TPSA) is 76.0 Å². The van der Waals surface area contributed by atoms with Gasteiger partial charge in [-0.1, -0.05) is 29.8 Å². The second kappa shape index (κ2) is 6.74. The number of nitrogens with one attached hydrogen (secondary N) is 2. The number of rotatable bonds is 3. The Morgan fingerprint density at radius 2 is 1.82 bits per heavy atom. The molecule has 0 spiro atoms. The van der Waals surface area contributed by atoms with E-state index in [-0.39, 0.29) is 11.8 Å². The van der Waals surface area contributed by atoms with Crippen LogP contribution in [0.15, 0.2) is 34.9 Å². The van der Waals surface area contributed by atoms with Gasteiger partial charge in [0.25, 0.3) is 5.91 Å². The highest BCUT2D eigenvalue weighted by molar-refractivity contribution is 9.10. The fraction of sp³-hybridized carbons (Fsp3) is 0.267. The summed E-state index contributed by atoms with van der Waals surface area (Å²) in [6.07, 6.45) is 1.48. The third-order valence-corrected chi connectivity index (χ3v) is 3.68. The first kappa shape index (κ1) is 16.2. The van der Waals surface area contributed by atoms with Crippen molar-refractivity contribution in [2.45, 2.75) is 20.8 Å². The van der Waals surface area contributed by atoms with Crippen LogP contribution >= 0.6 is 15.9 Å². The molecule has 0 saturated heterocycles. The van der Waals surface area contributed by atoms with Crippen molar-refractivity contribution in [2.75, 3.05) is 0 Å². The molecule has 1 aromatic carbocycles. The van der Waals surface area contributed by atoms with Crippen molar-refractivity contribution in [2.24, 2.45) is 5.92 Å². The second-order valence-electron chi connectivity index (χ2n) is 5.13. The van der Waals surface area contributed by atoms with Gasteiger partial charge in [0, 0.05) is 10.4 Å². The molecule has 0 aliphatic heterocycles. The number of hydrogen-bond donors (Lipinski definition) is 2. The normalized spacial score (nSPS) is 10.6. The van der Waals surface area contributed by atoms with E-state index in [0.29, 0.717) is 11.3 Å². The SMILES string of the molecule is Cc1c(C(=O)NNC(=O)C(C)C)cnn1-c1ccc(Br)cc1. The highest BCUT2D eigenvalue weighted by Crippen LogP contribution is 2.17.